The van der Waals surface area contributed by atoms with Gasteiger partial charge in [-0.1, -0.05) is 86.6 Å². The van der Waals surface area contributed by atoms with Crippen molar-refractivity contribution in [3.8, 4) is 22.6 Å². The first kappa shape index (κ1) is 24.0. The molecule has 4 rings (SSSR count). The first-order valence-electron chi connectivity index (χ1n) is 11.7. The Bertz CT molecular complexity index is 1310. The Kier molecular flexibility index (Phi) is 7.41. The maximum atomic E-state index is 13.2. The molecule has 0 aliphatic heterocycles. The van der Waals surface area contributed by atoms with E-state index in [1.807, 2.05) is 55.5 Å². The van der Waals surface area contributed by atoms with Crippen molar-refractivity contribution < 1.29 is 19.1 Å². The van der Waals surface area contributed by atoms with E-state index in [0.29, 0.717) is 17.0 Å². The van der Waals surface area contributed by atoms with Crippen LogP contribution in [0.5, 0.6) is 11.5 Å². The quantitative estimate of drug-likeness (QED) is 0.213. The topological polar surface area (TPSA) is 52.6 Å². The van der Waals surface area contributed by atoms with Gasteiger partial charge in [0.15, 0.2) is 11.5 Å². The summed E-state index contributed by atoms with van der Waals surface area (Å²) in [6.07, 6.45) is 0.772. The molecule has 0 saturated heterocycles. The predicted octanol–water partition coefficient (Wildman–Crippen LogP) is 7.30. The van der Waals surface area contributed by atoms with E-state index in [1.54, 1.807) is 48.5 Å². The number of aryl methyl sites for hydroxylation is 1. The number of carbonyl (C=O) groups is 2. The van der Waals surface area contributed by atoms with Crippen LogP contribution in [0.3, 0.4) is 0 Å². The molecule has 0 N–H and O–H groups in total. The molecular formula is C31H28O4. The lowest BCUT2D eigenvalue weighted by Gasteiger charge is -2.21. The molecule has 0 atom stereocenters. The van der Waals surface area contributed by atoms with E-state index in [-0.39, 0.29) is 11.5 Å². The smallest absolute Gasteiger partial charge is 0.343 e. The van der Waals surface area contributed by atoms with Crippen molar-refractivity contribution in [2.75, 3.05) is 0 Å². The molecule has 0 radical (unpaired) electrons. The highest BCUT2D eigenvalue weighted by molar-refractivity contribution is 5.95. The molecule has 4 heteroatoms. The number of esters is 2. The zero-order valence-corrected chi connectivity index (χ0v) is 20.2. The van der Waals surface area contributed by atoms with Gasteiger partial charge in [0, 0.05) is 5.56 Å². The summed E-state index contributed by atoms with van der Waals surface area (Å²) in [5.74, 6) is -0.158. The molecule has 4 aromatic carbocycles. The molecule has 0 aliphatic carbocycles. The SMILES string of the molecule is Cc1cc(CC(C)C)c(-c2ccccc2)c(OC(=O)c2ccccc2)c1OC(=O)c1ccccc1. The third-order valence-electron chi connectivity index (χ3n) is 5.60. The van der Waals surface area contributed by atoms with Crippen LogP contribution in [-0.4, -0.2) is 11.9 Å². The Morgan fingerprint density at radius 3 is 1.63 bits per heavy atom. The summed E-state index contributed by atoms with van der Waals surface area (Å²) in [7, 11) is 0. The van der Waals surface area contributed by atoms with E-state index in [9.17, 15) is 9.59 Å². The lowest BCUT2D eigenvalue weighted by atomic mass is 9.90. The van der Waals surface area contributed by atoms with Crippen LogP contribution in [0.25, 0.3) is 11.1 Å². The second-order valence-corrected chi connectivity index (χ2v) is 8.86. The first-order valence-corrected chi connectivity index (χ1v) is 11.7. The van der Waals surface area contributed by atoms with Crippen LogP contribution in [-0.2, 0) is 6.42 Å². The zero-order chi connectivity index (χ0) is 24.8. The highest BCUT2D eigenvalue weighted by atomic mass is 16.6. The van der Waals surface area contributed by atoms with Crippen molar-refractivity contribution in [3.63, 3.8) is 0 Å². The molecule has 35 heavy (non-hydrogen) atoms. The van der Waals surface area contributed by atoms with Gasteiger partial charge in [-0.15, -0.1) is 0 Å². The molecule has 176 valence electrons. The molecule has 0 bridgehead atoms. The minimum Gasteiger partial charge on any atom is -0.419 e. The Hall–Kier alpha value is -4.18. The number of rotatable bonds is 7. The summed E-state index contributed by atoms with van der Waals surface area (Å²) in [5.41, 5.74) is 4.22. The van der Waals surface area contributed by atoms with Crippen molar-refractivity contribution in [1.29, 1.82) is 0 Å². The van der Waals surface area contributed by atoms with Crippen LogP contribution in [0.2, 0.25) is 0 Å². The Morgan fingerprint density at radius 1 is 0.686 bits per heavy atom. The second kappa shape index (κ2) is 10.8. The largest absolute Gasteiger partial charge is 0.419 e. The summed E-state index contributed by atoms with van der Waals surface area (Å²) in [6, 6.07) is 29.4. The summed E-state index contributed by atoms with van der Waals surface area (Å²) >= 11 is 0. The second-order valence-electron chi connectivity index (χ2n) is 8.86. The van der Waals surface area contributed by atoms with Crippen LogP contribution in [0, 0.1) is 12.8 Å². The van der Waals surface area contributed by atoms with Gasteiger partial charge in [0.25, 0.3) is 0 Å². The fourth-order valence-corrected chi connectivity index (χ4v) is 4.04. The highest BCUT2D eigenvalue weighted by Crippen LogP contribution is 2.44. The summed E-state index contributed by atoms with van der Waals surface area (Å²) < 4.78 is 11.9. The van der Waals surface area contributed by atoms with Crippen molar-refractivity contribution in [2.45, 2.75) is 27.2 Å². The van der Waals surface area contributed by atoms with Gasteiger partial charge in [0.05, 0.1) is 11.1 Å². The minimum absolute atomic E-state index is 0.245. The van der Waals surface area contributed by atoms with Gasteiger partial charge in [0.2, 0.25) is 0 Å². The van der Waals surface area contributed by atoms with Gasteiger partial charge in [-0.2, -0.15) is 0 Å². The average molecular weight is 465 g/mol. The Morgan fingerprint density at radius 2 is 1.14 bits per heavy atom. The van der Waals surface area contributed by atoms with Gasteiger partial charge in [0.1, 0.15) is 0 Å². The van der Waals surface area contributed by atoms with Gasteiger partial charge in [-0.05, 0) is 60.2 Å². The predicted molar refractivity (Wildman–Crippen MR) is 138 cm³/mol. The van der Waals surface area contributed by atoms with E-state index in [1.165, 1.54) is 0 Å². The van der Waals surface area contributed by atoms with Crippen molar-refractivity contribution in [2.24, 2.45) is 5.92 Å². The van der Waals surface area contributed by atoms with Crippen LogP contribution in [0.4, 0.5) is 0 Å². The minimum atomic E-state index is -0.513. The normalized spacial score (nSPS) is 10.7. The van der Waals surface area contributed by atoms with Gasteiger partial charge < -0.3 is 9.47 Å². The third-order valence-corrected chi connectivity index (χ3v) is 5.60. The van der Waals surface area contributed by atoms with E-state index in [4.69, 9.17) is 9.47 Å². The Labute approximate surface area is 206 Å². The van der Waals surface area contributed by atoms with Crippen molar-refractivity contribution in [3.05, 3.63) is 119 Å². The molecule has 0 amide bonds. The third kappa shape index (κ3) is 5.67. The maximum absolute atomic E-state index is 13.2. The average Bonchev–Trinajstić information content (AvgIpc) is 2.87. The van der Waals surface area contributed by atoms with E-state index < -0.39 is 11.9 Å². The van der Waals surface area contributed by atoms with Crippen molar-refractivity contribution in [1.82, 2.24) is 0 Å². The summed E-state index contributed by atoms with van der Waals surface area (Å²) in [5, 5.41) is 0. The first-order chi connectivity index (χ1) is 16.9. The summed E-state index contributed by atoms with van der Waals surface area (Å²) in [4.78, 5) is 26.2. The molecule has 0 aromatic heterocycles. The molecule has 0 aliphatic rings. The lowest BCUT2D eigenvalue weighted by molar-refractivity contribution is 0.0682. The molecule has 0 saturated carbocycles. The zero-order valence-electron chi connectivity index (χ0n) is 20.2. The Balaban J connectivity index is 1.90. The van der Waals surface area contributed by atoms with Gasteiger partial charge in [-0.3, -0.25) is 0 Å². The van der Waals surface area contributed by atoms with Gasteiger partial charge in [-0.25, -0.2) is 9.59 Å². The molecule has 4 nitrogen and oxygen atoms in total. The highest BCUT2D eigenvalue weighted by Gasteiger charge is 2.25. The number of hydrogen-bond donors (Lipinski definition) is 0. The van der Waals surface area contributed by atoms with E-state index in [0.717, 1.165) is 28.7 Å². The molecule has 0 fully saturated rings. The number of ether oxygens (including phenoxy) is 2. The van der Waals surface area contributed by atoms with Crippen LogP contribution >= 0.6 is 0 Å². The van der Waals surface area contributed by atoms with E-state index >= 15 is 0 Å². The molecule has 0 spiro atoms. The van der Waals surface area contributed by atoms with E-state index in [2.05, 4.69) is 13.8 Å². The fourth-order valence-electron chi connectivity index (χ4n) is 4.04. The van der Waals surface area contributed by atoms with Crippen LogP contribution < -0.4 is 9.47 Å². The summed E-state index contributed by atoms with van der Waals surface area (Å²) in [6.45, 7) is 6.15. The molecule has 0 heterocycles. The standard InChI is InChI=1S/C31H28O4/c1-21(2)19-26-20-22(3)28(34-30(32)24-15-9-5-10-16-24)29(27(26)23-13-7-4-8-14-23)35-31(33)25-17-11-6-12-18-25/h4-18,20-21H,19H2,1-3H3. The number of hydrogen-bond acceptors (Lipinski definition) is 4. The van der Waals surface area contributed by atoms with Crippen LogP contribution in [0.15, 0.2) is 97.1 Å². The molecular weight excluding hydrogens is 436 g/mol. The van der Waals surface area contributed by atoms with Gasteiger partial charge >= 0.3 is 11.9 Å². The lowest BCUT2D eigenvalue weighted by Crippen LogP contribution is -2.15. The number of carbonyl (C=O) groups excluding carboxylic acids is 2. The fraction of sp³-hybridized carbons (Fsp3) is 0.161. The molecule has 4 aromatic rings. The molecule has 0 unspecified atom stereocenters. The van der Waals surface area contributed by atoms with Crippen LogP contribution in [0.1, 0.15) is 45.7 Å². The van der Waals surface area contributed by atoms with Crippen molar-refractivity contribution >= 4 is 11.9 Å². The monoisotopic (exact) mass is 464 g/mol. The number of benzene rings is 4. The maximum Gasteiger partial charge on any atom is 0.343 e.